The molecule has 0 bridgehead atoms. The lowest BCUT2D eigenvalue weighted by atomic mass is 10.1. The number of nitrogens with two attached hydrogens (primary N) is 1. The number of ether oxygens (including phenoxy) is 1. The number of hydrazine groups is 1. The Morgan fingerprint density at radius 3 is 2.71 bits per heavy atom. The minimum Gasteiger partial charge on any atom is -0.487 e. The zero-order valence-corrected chi connectivity index (χ0v) is 11.5. The smallest absolute Gasteiger partial charge is 0.283 e. The van der Waals surface area contributed by atoms with Crippen LogP contribution in [0.4, 0.5) is 0 Å². The van der Waals surface area contributed by atoms with Gasteiger partial charge in [0.2, 0.25) is 0 Å². The van der Waals surface area contributed by atoms with Gasteiger partial charge in [-0.25, -0.2) is 10.8 Å². The predicted molar refractivity (Wildman–Crippen MR) is 76.7 cm³/mol. The van der Waals surface area contributed by atoms with Gasteiger partial charge in [-0.15, -0.1) is 0 Å². The standard InChI is InChI=1S/C15H15N3O3/c1-10(19)11-4-2-6-13(8-11)21-9-12-5-3-7-14(17-12)15(20)18-16/h2-8H,9,16H2,1H3,(H,18,20). The number of nitrogen functional groups attached to an aromatic ring is 1. The summed E-state index contributed by atoms with van der Waals surface area (Å²) in [5.74, 6) is 5.14. The fraction of sp³-hybridized carbons (Fsp3) is 0.133. The molecule has 3 N–H and O–H groups in total. The zero-order chi connectivity index (χ0) is 15.2. The summed E-state index contributed by atoms with van der Waals surface area (Å²) >= 11 is 0. The van der Waals surface area contributed by atoms with Gasteiger partial charge in [-0.05, 0) is 31.2 Å². The molecule has 1 aromatic heterocycles. The number of pyridine rings is 1. The van der Waals surface area contributed by atoms with Crippen LogP contribution in [0.25, 0.3) is 0 Å². The lowest BCUT2D eigenvalue weighted by Crippen LogP contribution is -2.30. The van der Waals surface area contributed by atoms with Gasteiger partial charge in [0.05, 0.1) is 5.69 Å². The molecule has 6 heteroatoms. The van der Waals surface area contributed by atoms with Gasteiger partial charge in [0.15, 0.2) is 5.78 Å². The van der Waals surface area contributed by atoms with Crippen LogP contribution in [-0.2, 0) is 6.61 Å². The third-order valence-electron chi connectivity index (χ3n) is 2.80. The van der Waals surface area contributed by atoms with Crippen LogP contribution in [0.15, 0.2) is 42.5 Å². The van der Waals surface area contributed by atoms with Crippen molar-refractivity contribution in [3.63, 3.8) is 0 Å². The summed E-state index contributed by atoms with van der Waals surface area (Å²) in [5.41, 5.74) is 3.41. The summed E-state index contributed by atoms with van der Waals surface area (Å²) in [5, 5.41) is 0. The first kappa shape index (κ1) is 14.7. The summed E-state index contributed by atoms with van der Waals surface area (Å²) in [7, 11) is 0. The Bertz CT molecular complexity index is 671. The number of benzene rings is 1. The molecule has 0 aliphatic heterocycles. The molecule has 0 atom stereocenters. The molecule has 0 unspecified atom stereocenters. The van der Waals surface area contributed by atoms with Crippen LogP contribution in [-0.4, -0.2) is 16.7 Å². The SMILES string of the molecule is CC(=O)c1cccc(OCc2cccc(C(=O)NN)n2)c1. The molecule has 0 aliphatic carbocycles. The van der Waals surface area contributed by atoms with Crippen LogP contribution >= 0.6 is 0 Å². The van der Waals surface area contributed by atoms with E-state index in [1.807, 2.05) is 5.43 Å². The molecule has 6 nitrogen and oxygen atoms in total. The van der Waals surface area contributed by atoms with E-state index in [1.54, 1.807) is 42.5 Å². The summed E-state index contributed by atoms with van der Waals surface area (Å²) in [4.78, 5) is 26.8. The third kappa shape index (κ3) is 3.87. The van der Waals surface area contributed by atoms with Gasteiger partial charge in [0, 0.05) is 5.56 Å². The highest BCUT2D eigenvalue weighted by atomic mass is 16.5. The van der Waals surface area contributed by atoms with Crippen LogP contribution in [0, 0.1) is 0 Å². The van der Waals surface area contributed by atoms with Crippen molar-refractivity contribution in [2.45, 2.75) is 13.5 Å². The Labute approximate surface area is 121 Å². The predicted octanol–water partition coefficient (Wildman–Crippen LogP) is 1.47. The molecule has 21 heavy (non-hydrogen) atoms. The minimum atomic E-state index is -0.463. The molecule has 1 heterocycles. The lowest BCUT2D eigenvalue weighted by Gasteiger charge is -2.07. The molecule has 2 aromatic rings. The average molecular weight is 285 g/mol. The van der Waals surface area contributed by atoms with Gasteiger partial charge >= 0.3 is 0 Å². The number of hydrogen-bond acceptors (Lipinski definition) is 5. The van der Waals surface area contributed by atoms with E-state index in [0.717, 1.165) is 0 Å². The number of rotatable bonds is 5. The summed E-state index contributed by atoms with van der Waals surface area (Å²) in [6.45, 7) is 1.68. The van der Waals surface area contributed by atoms with Gasteiger partial charge in [0.1, 0.15) is 18.1 Å². The molecule has 0 aliphatic rings. The number of Topliss-reactive ketones (excluding diaryl/α,β-unsaturated/α-hetero) is 1. The first-order valence-electron chi connectivity index (χ1n) is 6.31. The Hall–Kier alpha value is -2.73. The van der Waals surface area contributed by atoms with E-state index in [-0.39, 0.29) is 18.1 Å². The van der Waals surface area contributed by atoms with E-state index in [1.165, 1.54) is 6.92 Å². The number of aromatic nitrogens is 1. The molecular formula is C15H15N3O3. The van der Waals surface area contributed by atoms with Crippen molar-refractivity contribution in [3.05, 3.63) is 59.4 Å². The molecule has 1 amide bonds. The van der Waals surface area contributed by atoms with Gasteiger partial charge < -0.3 is 4.74 Å². The molecular weight excluding hydrogens is 270 g/mol. The molecule has 0 saturated heterocycles. The van der Waals surface area contributed by atoms with E-state index in [4.69, 9.17) is 10.6 Å². The van der Waals surface area contributed by atoms with Gasteiger partial charge in [-0.2, -0.15) is 0 Å². The summed E-state index contributed by atoms with van der Waals surface area (Å²) in [6.07, 6.45) is 0. The quantitative estimate of drug-likeness (QED) is 0.375. The van der Waals surface area contributed by atoms with Crippen molar-refractivity contribution in [3.8, 4) is 5.75 Å². The maximum atomic E-state index is 11.4. The average Bonchev–Trinajstić information content (AvgIpc) is 2.52. The topological polar surface area (TPSA) is 94.3 Å². The number of hydrogen-bond donors (Lipinski definition) is 2. The molecule has 2 rings (SSSR count). The molecule has 1 aromatic carbocycles. The van der Waals surface area contributed by atoms with E-state index in [9.17, 15) is 9.59 Å². The van der Waals surface area contributed by atoms with Crippen LogP contribution in [0.5, 0.6) is 5.75 Å². The fourth-order valence-corrected chi connectivity index (χ4v) is 1.72. The largest absolute Gasteiger partial charge is 0.487 e. The Morgan fingerprint density at radius 2 is 2.00 bits per heavy atom. The van der Waals surface area contributed by atoms with E-state index in [2.05, 4.69) is 4.98 Å². The molecule has 0 spiro atoms. The molecule has 0 radical (unpaired) electrons. The van der Waals surface area contributed by atoms with E-state index >= 15 is 0 Å². The minimum absolute atomic E-state index is 0.0276. The summed E-state index contributed by atoms with van der Waals surface area (Å²) < 4.78 is 5.57. The van der Waals surface area contributed by atoms with Crippen molar-refractivity contribution in [2.75, 3.05) is 0 Å². The maximum Gasteiger partial charge on any atom is 0.283 e. The fourth-order valence-electron chi connectivity index (χ4n) is 1.72. The number of nitrogens with zero attached hydrogens (tertiary/aromatic N) is 1. The van der Waals surface area contributed by atoms with Crippen LogP contribution in [0.3, 0.4) is 0 Å². The normalized spacial score (nSPS) is 10.0. The van der Waals surface area contributed by atoms with Crippen LogP contribution < -0.4 is 16.0 Å². The zero-order valence-electron chi connectivity index (χ0n) is 11.5. The maximum absolute atomic E-state index is 11.4. The van der Waals surface area contributed by atoms with Crippen LogP contribution in [0.2, 0.25) is 0 Å². The van der Waals surface area contributed by atoms with Gasteiger partial charge in [-0.3, -0.25) is 15.0 Å². The van der Waals surface area contributed by atoms with Gasteiger partial charge in [0.25, 0.3) is 5.91 Å². The summed E-state index contributed by atoms with van der Waals surface area (Å²) in [6, 6.07) is 11.9. The second-order valence-electron chi connectivity index (χ2n) is 4.36. The van der Waals surface area contributed by atoms with E-state index < -0.39 is 5.91 Å². The highest BCUT2D eigenvalue weighted by Gasteiger charge is 2.07. The highest BCUT2D eigenvalue weighted by molar-refractivity contribution is 5.94. The number of nitrogens with one attached hydrogen (secondary N) is 1. The Morgan fingerprint density at radius 1 is 1.24 bits per heavy atom. The van der Waals surface area contributed by atoms with Crippen molar-refractivity contribution >= 4 is 11.7 Å². The number of amides is 1. The Kier molecular flexibility index (Phi) is 4.63. The lowest BCUT2D eigenvalue weighted by molar-refractivity contribution is 0.0947. The van der Waals surface area contributed by atoms with Crippen molar-refractivity contribution in [1.29, 1.82) is 0 Å². The third-order valence-corrected chi connectivity index (χ3v) is 2.80. The molecule has 0 saturated carbocycles. The second kappa shape index (κ2) is 6.62. The Balaban J connectivity index is 2.08. The molecule has 108 valence electrons. The van der Waals surface area contributed by atoms with E-state index in [0.29, 0.717) is 17.0 Å². The van der Waals surface area contributed by atoms with Crippen LogP contribution in [0.1, 0.15) is 33.5 Å². The van der Waals surface area contributed by atoms with Crippen molar-refractivity contribution in [2.24, 2.45) is 5.84 Å². The van der Waals surface area contributed by atoms with Crippen molar-refractivity contribution in [1.82, 2.24) is 10.4 Å². The first-order valence-corrected chi connectivity index (χ1v) is 6.31. The molecule has 0 fully saturated rings. The first-order chi connectivity index (χ1) is 10.1. The monoisotopic (exact) mass is 285 g/mol. The van der Waals surface area contributed by atoms with Gasteiger partial charge in [-0.1, -0.05) is 18.2 Å². The second-order valence-corrected chi connectivity index (χ2v) is 4.36. The number of carbonyl (C=O) groups is 2. The number of ketones is 1. The van der Waals surface area contributed by atoms with Crippen molar-refractivity contribution < 1.29 is 14.3 Å². The number of carbonyl (C=O) groups excluding carboxylic acids is 2. The highest BCUT2D eigenvalue weighted by Crippen LogP contribution is 2.15.